The number of aromatic carboxylic acids is 1. The molecule has 0 saturated heterocycles. The average molecular weight is 337 g/mol. The van der Waals surface area contributed by atoms with Crippen LogP contribution in [-0.2, 0) is 11.3 Å². The number of alkyl carbamates (subject to hydrolysis) is 1. The molecule has 5 nitrogen and oxygen atoms in total. The van der Waals surface area contributed by atoms with Crippen LogP contribution in [-0.4, -0.2) is 23.7 Å². The van der Waals surface area contributed by atoms with Crippen LogP contribution in [0.4, 0.5) is 4.79 Å². The van der Waals surface area contributed by atoms with E-state index in [1.165, 1.54) is 0 Å². The van der Waals surface area contributed by atoms with Crippen molar-refractivity contribution in [2.75, 3.05) is 6.54 Å². The van der Waals surface area contributed by atoms with Gasteiger partial charge in [-0.1, -0.05) is 48.2 Å². The van der Waals surface area contributed by atoms with Crippen LogP contribution in [0.1, 0.15) is 33.5 Å². The molecule has 0 aliphatic heterocycles. The number of rotatable bonds is 5. The van der Waals surface area contributed by atoms with Crippen LogP contribution in [0.15, 0.2) is 48.5 Å². The molecule has 0 heterocycles. The lowest BCUT2D eigenvalue weighted by Gasteiger charge is -2.05. The molecular weight excluding hydrogens is 318 g/mol. The highest BCUT2D eigenvalue weighted by Crippen LogP contribution is 2.10. The number of carboxylic acid groups (broad SMARTS) is 1. The molecule has 5 heteroatoms. The Morgan fingerprint density at radius 3 is 2.64 bits per heavy atom. The Balaban J connectivity index is 1.76. The van der Waals surface area contributed by atoms with Gasteiger partial charge >= 0.3 is 12.1 Å². The predicted octanol–water partition coefficient (Wildman–Crippen LogP) is 3.36. The summed E-state index contributed by atoms with van der Waals surface area (Å²) >= 11 is 0. The van der Waals surface area contributed by atoms with E-state index in [1.807, 2.05) is 37.3 Å². The number of hydrogen-bond donors (Lipinski definition) is 2. The van der Waals surface area contributed by atoms with Crippen LogP contribution in [0, 0.1) is 18.8 Å². The molecule has 0 aliphatic rings. The van der Waals surface area contributed by atoms with E-state index in [4.69, 9.17) is 9.84 Å². The van der Waals surface area contributed by atoms with E-state index >= 15 is 0 Å². The number of nitrogens with one attached hydrogen (secondary N) is 1. The normalized spacial score (nSPS) is 9.64. The number of carbonyl (C=O) groups is 2. The summed E-state index contributed by atoms with van der Waals surface area (Å²) in [5.74, 6) is 4.88. The van der Waals surface area contributed by atoms with Crippen molar-refractivity contribution >= 4 is 12.1 Å². The predicted molar refractivity (Wildman–Crippen MR) is 94.3 cm³/mol. The molecule has 2 aromatic rings. The highest BCUT2D eigenvalue weighted by atomic mass is 16.5. The highest BCUT2D eigenvalue weighted by Gasteiger charge is 2.04. The van der Waals surface area contributed by atoms with Crippen molar-refractivity contribution in [3.8, 4) is 11.8 Å². The topological polar surface area (TPSA) is 75.6 Å². The van der Waals surface area contributed by atoms with Gasteiger partial charge in [0, 0.05) is 18.5 Å². The molecule has 0 atom stereocenters. The minimum absolute atomic E-state index is 0.206. The van der Waals surface area contributed by atoms with Gasteiger partial charge < -0.3 is 15.2 Å². The third-order valence-corrected chi connectivity index (χ3v) is 3.44. The van der Waals surface area contributed by atoms with Crippen molar-refractivity contribution in [1.29, 1.82) is 0 Å². The Morgan fingerprint density at radius 1 is 1.16 bits per heavy atom. The lowest BCUT2D eigenvalue weighted by Crippen LogP contribution is -2.24. The first-order valence-corrected chi connectivity index (χ1v) is 7.83. The van der Waals surface area contributed by atoms with Gasteiger partial charge in [0.25, 0.3) is 0 Å². The Morgan fingerprint density at radius 2 is 1.92 bits per heavy atom. The monoisotopic (exact) mass is 337 g/mol. The molecule has 1 amide bonds. The van der Waals surface area contributed by atoms with Crippen molar-refractivity contribution < 1.29 is 19.4 Å². The number of amides is 1. The molecule has 0 aromatic heterocycles. The molecule has 2 aromatic carbocycles. The average Bonchev–Trinajstić information content (AvgIpc) is 2.61. The van der Waals surface area contributed by atoms with Gasteiger partial charge in [-0.2, -0.15) is 0 Å². The van der Waals surface area contributed by atoms with E-state index in [0.29, 0.717) is 18.5 Å². The first-order valence-electron chi connectivity index (χ1n) is 7.83. The lowest BCUT2D eigenvalue weighted by atomic mass is 10.1. The minimum atomic E-state index is -0.981. The van der Waals surface area contributed by atoms with Gasteiger partial charge in [-0.05, 0) is 30.2 Å². The summed E-state index contributed by atoms with van der Waals surface area (Å²) in [5, 5.41) is 11.6. The standard InChI is InChI=1S/C20H19NO4/c1-15-10-11-18(19(22)23)13-17(15)9-5-6-12-21-20(24)25-14-16-7-3-2-4-8-16/h2-4,7-8,10-11,13H,6,12,14H2,1H3,(H,21,24)(H,22,23). The Labute approximate surface area is 146 Å². The summed E-state index contributed by atoms with van der Waals surface area (Å²) in [5.41, 5.74) is 2.71. The van der Waals surface area contributed by atoms with E-state index in [0.717, 1.165) is 11.1 Å². The number of hydrogen-bond acceptors (Lipinski definition) is 3. The molecule has 0 aliphatic carbocycles. The first-order chi connectivity index (χ1) is 12.1. The molecule has 0 radical (unpaired) electrons. The van der Waals surface area contributed by atoms with Crippen LogP contribution < -0.4 is 5.32 Å². The maximum atomic E-state index is 11.6. The second kappa shape index (κ2) is 9.14. The van der Waals surface area contributed by atoms with Gasteiger partial charge in [-0.25, -0.2) is 9.59 Å². The number of carboxylic acids is 1. The third-order valence-electron chi connectivity index (χ3n) is 3.44. The summed E-state index contributed by atoms with van der Waals surface area (Å²) in [4.78, 5) is 22.5. The molecule has 2 rings (SSSR count). The summed E-state index contributed by atoms with van der Waals surface area (Å²) < 4.78 is 5.09. The maximum Gasteiger partial charge on any atom is 0.407 e. The van der Waals surface area contributed by atoms with Crippen molar-refractivity contribution in [1.82, 2.24) is 5.32 Å². The maximum absolute atomic E-state index is 11.6. The molecule has 2 N–H and O–H groups in total. The van der Waals surface area contributed by atoms with Gasteiger partial charge in [0.1, 0.15) is 6.61 Å². The van der Waals surface area contributed by atoms with Gasteiger partial charge in [-0.15, -0.1) is 0 Å². The fourth-order valence-electron chi connectivity index (χ4n) is 2.05. The number of aryl methyl sites for hydroxylation is 1. The summed E-state index contributed by atoms with van der Waals surface area (Å²) in [6.45, 7) is 2.45. The zero-order valence-electron chi connectivity index (χ0n) is 13.9. The number of ether oxygens (including phenoxy) is 1. The fraction of sp³-hybridized carbons (Fsp3) is 0.200. The summed E-state index contributed by atoms with van der Waals surface area (Å²) in [7, 11) is 0. The van der Waals surface area contributed by atoms with E-state index in [2.05, 4.69) is 17.2 Å². The second-order valence-electron chi connectivity index (χ2n) is 5.38. The summed E-state index contributed by atoms with van der Waals surface area (Å²) in [6, 6.07) is 14.3. The van der Waals surface area contributed by atoms with Crippen molar-refractivity contribution in [2.24, 2.45) is 0 Å². The zero-order valence-corrected chi connectivity index (χ0v) is 13.9. The molecule has 0 spiro atoms. The largest absolute Gasteiger partial charge is 0.478 e. The van der Waals surface area contributed by atoms with Crippen molar-refractivity contribution in [3.05, 3.63) is 70.8 Å². The SMILES string of the molecule is Cc1ccc(C(=O)O)cc1C#CCCNC(=O)OCc1ccccc1. The van der Waals surface area contributed by atoms with Gasteiger partial charge in [0.05, 0.1) is 5.56 Å². The lowest BCUT2D eigenvalue weighted by molar-refractivity contribution is 0.0696. The third kappa shape index (κ3) is 6.04. The summed E-state index contributed by atoms with van der Waals surface area (Å²) in [6.07, 6.45) is -0.0494. The molecular formula is C20H19NO4. The van der Waals surface area contributed by atoms with Gasteiger partial charge in [0.2, 0.25) is 0 Å². The smallest absolute Gasteiger partial charge is 0.407 e. The Kier molecular flexibility index (Phi) is 6.61. The van der Waals surface area contributed by atoms with E-state index in [-0.39, 0.29) is 12.2 Å². The second-order valence-corrected chi connectivity index (χ2v) is 5.38. The van der Waals surface area contributed by atoms with Crippen LogP contribution in [0.2, 0.25) is 0 Å². The van der Waals surface area contributed by atoms with Gasteiger partial charge in [0.15, 0.2) is 0 Å². The molecule has 0 unspecified atom stereocenters. The molecule has 0 bridgehead atoms. The number of benzene rings is 2. The zero-order chi connectivity index (χ0) is 18.1. The van der Waals surface area contributed by atoms with Crippen LogP contribution in [0.25, 0.3) is 0 Å². The molecule has 25 heavy (non-hydrogen) atoms. The van der Waals surface area contributed by atoms with Crippen LogP contribution in [0.5, 0.6) is 0 Å². The van der Waals surface area contributed by atoms with Crippen molar-refractivity contribution in [2.45, 2.75) is 20.0 Å². The van der Waals surface area contributed by atoms with Crippen molar-refractivity contribution in [3.63, 3.8) is 0 Å². The fourth-order valence-corrected chi connectivity index (χ4v) is 2.05. The Hall–Kier alpha value is -3.26. The van der Waals surface area contributed by atoms with E-state index in [9.17, 15) is 9.59 Å². The minimum Gasteiger partial charge on any atom is -0.478 e. The quantitative estimate of drug-likeness (QED) is 0.648. The highest BCUT2D eigenvalue weighted by molar-refractivity contribution is 5.88. The molecule has 0 fully saturated rings. The van der Waals surface area contributed by atoms with Crippen LogP contribution >= 0.6 is 0 Å². The van der Waals surface area contributed by atoms with Gasteiger partial charge in [-0.3, -0.25) is 0 Å². The first kappa shape index (κ1) is 18.1. The van der Waals surface area contributed by atoms with Crippen LogP contribution in [0.3, 0.4) is 0 Å². The molecule has 128 valence electrons. The van der Waals surface area contributed by atoms with E-state index < -0.39 is 12.1 Å². The van der Waals surface area contributed by atoms with E-state index in [1.54, 1.807) is 18.2 Å². The molecule has 0 saturated carbocycles. The number of carbonyl (C=O) groups excluding carboxylic acids is 1. The Bertz CT molecular complexity index is 803.